The van der Waals surface area contributed by atoms with Crippen LogP contribution in [0.3, 0.4) is 0 Å². The second-order valence-electron chi connectivity index (χ2n) is 13.2. The maximum Gasteiger partial charge on any atom is 0.180 e. The molecule has 0 aromatic heterocycles. The van der Waals surface area contributed by atoms with Gasteiger partial charge in [-0.2, -0.15) is 0 Å². The first-order valence-corrected chi connectivity index (χ1v) is 20.8. The third kappa shape index (κ3) is 34.1. The second kappa shape index (κ2) is 40.0. The summed E-state index contributed by atoms with van der Waals surface area (Å²) in [6.07, 6.45) is 31.2. The molecule has 292 valence electrons. The summed E-state index contributed by atoms with van der Waals surface area (Å²) >= 11 is 0. The van der Waals surface area contributed by atoms with Gasteiger partial charge in [0.1, 0.15) is 0 Å². The van der Waals surface area contributed by atoms with Crippen molar-refractivity contribution in [3.8, 4) is 0 Å². The van der Waals surface area contributed by atoms with Crippen LogP contribution in [0.4, 0.5) is 0 Å². The first kappa shape index (κ1) is 48.2. The molecule has 0 heterocycles. The Labute approximate surface area is 304 Å². The van der Waals surface area contributed by atoms with Crippen LogP contribution in [0.2, 0.25) is 0 Å². The summed E-state index contributed by atoms with van der Waals surface area (Å²) in [4.78, 5) is 0. The Bertz CT molecular complexity index is 610. The summed E-state index contributed by atoms with van der Waals surface area (Å²) in [7, 11) is 0. The highest BCUT2D eigenvalue weighted by Crippen LogP contribution is 2.15. The van der Waals surface area contributed by atoms with Crippen LogP contribution < -0.4 is 0 Å². The highest BCUT2D eigenvalue weighted by atomic mass is 16.8. The van der Waals surface area contributed by atoms with Gasteiger partial charge in [-0.3, -0.25) is 0 Å². The minimum Gasteiger partial charge on any atom is -0.353 e. The van der Waals surface area contributed by atoms with E-state index < -0.39 is 12.6 Å². The van der Waals surface area contributed by atoms with Crippen LogP contribution >= 0.6 is 0 Å². The predicted octanol–water partition coefficient (Wildman–Crippen LogP) is 12.2. The van der Waals surface area contributed by atoms with E-state index >= 15 is 0 Å². The average molecular weight is 699 g/mol. The Hall–Kier alpha value is -0.800. The summed E-state index contributed by atoms with van der Waals surface area (Å²) in [5, 5.41) is 0. The lowest BCUT2D eigenvalue weighted by Crippen LogP contribution is -2.25. The highest BCUT2D eigenvalue weighted by Gasteiger charge is 2.14. The van der Waals surface area contributed by atoms with Crippen molar-refractivity contribution in [3.05, 3.63) is 24.3 Å². The van der Waals surface area contributed by atoms with Crippen molar-refractivity contribution in [2.45, 2.75) is 208 Å². The van der Waals surface area contributed by atoms with Crippen molar-refractivity contribution in [1.82, 2.24) is 0 Å². The fourth-order valence-electron chi connectivity index (χ4n) is 4.94. The van der Waals surface area contributed by atoms with Gasteiger partial charge < -0.3 is 33.2 Å². The minimum atomic E-state index is -0.429. The molecule has 0 saturated carbocycles. The normalized spacial score (nSPS) is 13.6. The van der Waals surface area contributed by atoms with Gasteiger partial charge in [0.2, 0.25) is 0 Å². The van der Waals surface area contributed by atoms with Gasteiger partial charge >= 0.3 is 0 Å². The number of rotatable bonds is 40. The maximum atomic E-state index is 6.42. The molecule has 0 spiro atoms. The van der Waals surface area contributed by atoms with Gasteiger partial charge in [-0.05, 0) is 102 Å². The van der Waals surface area contributed by atoms with E-state index in [1.807, 2.05) is 0 Å². The lowest BCUT2D eigenvalue weighted by molar-refractivity contribution is -0.208. The van der Waals surface area contributed by atoms with E-state index in [1.54, 1.807) is 0 Å². The van der Waals surface area contributed by atoms with E-state index in [4.69, 9.17) is 33.2 Å². The first-order chi connectivity index (χ1) is 24.1. The van der Waals surface area contributed by atoms with Crippen molar-refractivity contribution in [2.75, 3.05) is 39.6 Å². The Balaban J connectivity index is 5.04. The molecule has 2 unspecified atom stereocenters. The van der Waals surface area contributed by atoms with Crippen LogP contribution in [0.5, 0.6) is 0 Å². The van der Waals surface area contributed by atoms with Gasteiger partial charge in [0.05, 0.1) is 13.2 Å². The van der Waals surface area contributed by atoms with Crippen molar-refractivity contribution >= 4 is 0 Å². The Morgan fingerprint density at radius 3 is 1.00 bits per heavy atom. The molecule has 0 aromatic rings. The molecule has 0 saturated heterocycles. The van der Waals surface area contributed by atoms with E-state index in [0.717, 1.165) is 155 Å². The number of allylic oxidation sites excluding steroid dienone is 2. The summed E-state index contributed by atoms with van der Waals surface area (Å²) < 4.78 is 42.9. The molecule has 0 aromatic carbocycles. The largest absolute Gasteiger partial charge is 0.353 e. The monoisotopic (exact) mass is 699 g/mol. The molecule has 0 aliphatic rings. The summed E-state index contributed by atoms with van der Waals surface area (Å²) in [6.45, 7) is 17.7. The van der Waals surface area contributed by atoms with Crippen LogP contribution in [0.1, 0.15) is 183 Å². The van der Waals surface area contributed by atoms with Gasteiger partial charge in [0.25, 0.3) is 0 Å². The van der Waals surface area contributed by atoms with Crippen LogP contribution in [0.25, 0.3) is 0 Å². The van der Waals surface area contributed by atoms with Crippen LogP contribution in [-0.4, -0.2) is 64.8 Å². The third-order valence-corrected chi connectivity index (χ3v) is 8.24. The van der Waals surface area contributed by atoms with Crippen molar-refractivity contribution < 1.29 is 33.2 Å². The molecule has 7 heteroatoms. The predicted molar refractivity (Wildman–Crippen MR) is 206 cm³/mol. The number of ether oxygens (including phenoxy) is 7. The van der Waals surface area contributed by atoms with E-state index in [2.05, 4.69) is 65.8 Å². The third-order valence-electron chi connectivity index (χ3n) is 8.24. The molecular formula is C42H82O7. The van der Waals surface area contributed by atoms with E-state index in [0.29, 0.717) is 13.2 Å². The zero-order valence-corrected chi connectivity index (χ0v) is 33.3. The van der Waals surface area contributed by atoms with Gasteiger partial charge in [0.15, 0.2) is 25.2 Å². The lowest BCUT2D eigenvalue weighted by atomic mass is 10.2. The molecule has 0 N–H and O–H groups in total. The summed E-state index contributed by atoms with van der Waals surface area (Å²) in [5.41, 5.74) is 0. The second-order valence-corrected chi connectivity index (χ2v) is 13.2. The molecule has 0 fully saturated rings. The van der Waals surface area contributed by atoms with Crippen molar-refractivity contribution in [1.29, 1.82) is 0 Å². The topological polar surface area (TPSA) is 64.6 Å². The zero-order valence-electron chi connectivity index (χ0n) is 33.3. The summed E-state index contributed by atoms with van der Waals surface area (Å²) in [5.74, 6) is 0. The fraction of sp³-hybridized carbons (Fsp3) is 0.905. The minimum absolute atomic E-state index is 0.0860. The molecule has 0 amide bonds. The number of hydrogen-bond donors (Lipinski definition) is 0. The molecular weight excluding hydrogens is 616 g/mol. The Morgan fingerprint density at radius 1 is 0.347 bits per heavy atom. The Kier molecular flexibility index (Phi) is 39.3. The quantitative estimate of drug-likeness (QED) is 0.0358. The molecule has 7 nitrogen and oxygen atoms in total. The van der Waals surface area contributed by atoms with Crippen LogP contribution in [0, 0.1) is 0 Å². The smallest absolute Gasteiger partial charge is 0.180 e. The highest BCUT2D eigenvalue weighted by molar-refractivity contribution is 4.90. The van der Waals surface area contributed by atoms with E-state index in [9.17, 15) is 0 Å². The first-order valence-electron chi connectivity index (χ1n) is 20.8. The molecule has 0 aliphatic heterocycles. The lowest BCUT2D eigenvalue weighted by Gasteiger charge is -2.22. The van der Waals surface area contributed by atoms with E-state index in [1.165, 1.54) is 12.8 Å². The zero-order chi connectivity index (χ0) is 35.9. The maximum absolute atomic E-state index is 6.42. The molecule has 0 bridgehead atoms. The Morgan fingerprint density at radius 2 is 0.673 bits per heavy atom. The van der Waals surface area contributed by atoms with Crippen molar-refractivity contribution in [2.24, 2.45) is 0 Å². The van der Waals surface area contributed by atoms with Gasteiger partial charge in [-0.1, -0.05) is 105 Å². The number of hydrogen-bond acceptors (Lipinski definition) is 7. The number of unbranched alkanes of at least 4 members (excludes halogenated alkanes) is 12. The van der Waals surface area contributed by atoms with E-state index in [-0.39, 0.29) is 12.6 Å². The van der Waals surface area contributed by atoms with Crippen molar-refractivity contribution in [3.63, 3.8) is 0 Å². The van der Waals surface area contributed by atoms with Gasteiger partial charge in [-0.25, -0.2) is 0 Å². The molecule has 0 aliphatic carbocycles. The molecule has 0 radical (unpaired) electrons. The SMILES string of the molecule is CCCCCOC(C=CCCCCC(OCCCC)OCCCC)OC(C=CCCCCC(OCCCC)OCCCC)OCCCCC. The molecule has 49 heavy (non-hydrogen) atoms. The van der Waals surface area contributed by atoms with Crippen LogP contribution in [-0.2, 0) is 33.2 Å². The molecule has 0 rings (SSSR count). The fourth-order valence-corrected chi connectivity index (χ4v) is 4.94. The van der Waals surface area contributed by atoms with Crippen LogP contribution in [0.15, 0.2) is 24.3 Å². The average Bonchev–Trinajstić information content (AvgIpc) is 3.10. The molecule has 2 atom stereocenters. The standard InChI is InChI=1S/C42H82O7/c1-7-13-27-37-47-41(31-25-21-19-23-29-39(43-33-15-9-3)44-34-16-10-4)49-42(48-38-28-14-8-2)32-26-22-20-24-30-40(45-35-17-11-5)46-36-18-12-6/h25-26,31-32,39-42H,7-24,27-30,33-38H2,1-6H3. The van der Waals surface area contributed by atoms with Gasteiger partial charge in [-0.15, -0.1) is 0 Å². The summed E-state index contributed by atoms with van der Waals surface area (Å²) in [6, 6.07) is 0. The van der Waals surface area contributed by atoms with Gasteiger partial charge in [0, 0.05) is 26.4 Å².